The number of aryl methyl sites for hydroxylation is 1. The second kappa shape index (κ2) is 8.61. The molecule has 1 amide bonds. The summed E-state index contributed by atoms with van der Waals surface area (Å²) >= 11 is 2.15. The van der Waals surface area contributed by atoms with Crippen LogP contribution in [0.4, 0.5) is 15.8 Å². The fourth-order valence-electron chi connectivity index (χ4n) is 2.80. The van der Waals surface area contributed by atoms with Crippen molar-refractivity contribution >= 4 is 60.8 Å². The highest BCUT2D eigenvalue weighted by Gasteiger charge is 2.23. The molecule has 0 aliphatic carbocycles. The zero-order valence-electron chi connectivity index (χ0n) is 16.4. The smallest absolute Gasteiger partial charge is 0.267 e. The minimum Gasteiger partial charge on any atom is -0.267 e. The van der Waals surface area contributed by atoms with Crippen LogP contribution in [0.3, 0.4) is 0 Å². The third-order valence-electron chi connectivity index (χ3n) is 4.30. The first-order valence-corrected chi connectivity index (χ1v) is 10.7. The maximum absolute atomic E-state index is 13.2. The molecule has 0 N–H and O–H groups in total. The minimum absolute atomic E-state index is 0.0570. The molecule has 4 aromatic rings. The molecule has 4 rings (SSSR count). The number of hydrogen-bond acceptors (Lipinski definition) is 9. The first-order chi connectivity index (χ1) is 15.3. The predicted octanol–water partition coefficient (Wildman–Crippen LogP) is 5.16. The van der Waals surface area contributed by atoms with E-state index in [0.29, 0.717) is 10.4 Å². The maximum Gasteiger partial charge on any atom is 0.324 e. The molecule has 2 heterocycles. The van der Waals surface area contributed by atoms with Gasteiger partial charge in [-0.1, -0.05) is 34.8 Å². The second-order valence-electron chi connectivity index (χ2n) is 6.57. The van der Waals surface area contributed by atoms with Gasteiger partial charge in [-0.15, -0.1) is 0 Å². The van der Waals surface area contributed by atoms with Gasteiger partial charge in [-0.3, -0.25) is 25.0 Å². The van der Waals surface area contributed by atoms with Crippen molar-refractivity contribution in [3.8, 4) is 0 Å². The van der Waals surface area contributed by atoms with Crippen molar-refractivity contribution in [2.45, 2.75) is 6.92 Å². The lowest BCUT2D eigenvalue weighted by molar-refractivity contribution is -0.384. The van der Waals surface area contributed by atoms with Gasteiger partial charge in [0.05, 0.1) is 31.2 Å². The van der Waals surface area contributed by atoms with E-state index in [9.17, 15) is 25.0 Å². The molecule has 0 radical (unpaired) electrons. The molecule has 32 heavy (non-hydrogen) atoms. The molecule has 0 saturated carbocycles. The molecule has 2 aromatic heterocycles. The monoisotopic (exact) mass is 467 g/mol. The first-order valence-electron chi connectivity index (χ1n) is 9.06. The lowest BCUT2D eigenvalue weighted by atomic mass is 10.2. The van der Waals surface area contributed by atoms with Crippen LogP contribution in [0.1, 0.15) is 20.8 Å². The summed E-state index contributed by atoms with van der Waals surface area (Å²) in [6.07, 6.45) is 1.32. The Labute approximate surface area is 188 Å². The van der Waals surface area contributed by atoms with E-state index in [0.717, 1.165) is 32.7 Å². The van der Waals surface area contributed by atoms with Gasteiger partial charge < -0.3 is 0 Å². The van der Waals surface area contributed by atoms with Gasteiger partial charge in [-0.25, -0.2) is 4.98 Å². The number of benzene rings is 2. The lowest BCUT2D eigenvalue weighted by Gasteiger charge is -2.13. The Morgan fingerprint density at radius 3 is 2.59 bits per heavy atom. The average molecular weight is 467 g/mol. The number of nitro benzene ring substituents is 1. The summed E-state index contributed by atoms with van der Waals surface area (Å²) in [5.41, 5.74) is 1.53. The van der Waals surface area contributed by atoms with Crippen LogP contribution in [0.15, 0.2) is 59.7 Å². The van der Waals surface area contributed by atoms with Crippen molar-refractivity contribution in [3.05, 3.63) is 90.8 Å². The molecule has 0 fully saturated rings. The van der Waals surface area contributed by atoms with Crippen molar-refractivity contribution in [1.82, 2.24) is 4.98 Å². The highest BCUT2D eigenvalue weighted by atomic mass is 32.1. The van der Waals surface area contributed by atoms with Crippen molar-refractivity contribution in [1.29, 1.82) is 0 Å². The molecular formula is C20H13N5O5S2. The molecule has 0 spiro atoms. The number of thiazole rings is 1. The summed E-state index contributed by atoms with van der Waals surface area (Å²) in [4.78, 5) is 39.1. The highest BCUT2D eigenvalue weighted by Crippen LogP contribution is 2.31. The summed E-state index contributed by atoms with van der Waals surface area (Å²) in [6.45, 7) is 1.94. The number of aromatic nitrogens is 1. The molecule has 2 aromatic carbocycles. The zero-order valence-corrected chi connectivity index (χ0v) is 18.0. The van der Waals surface area contributed by atoms with Crippen LogP contribution in [0.5, 0.6) is 0 Å². The third-order valence-corrected chi connectivity index (χ3v) is 6.27. The van der Waals surface area contributed by atoms with E-state index in [1.807, 2.05) is 25.1 Å². The topological polar surface area (TPSA) is 132 Å². The van der Waals surface area contributed by atoms with Crippen molar-refractivity contribution in [3.63, 3.8) is 0 Å². The molecule has 10 nitrogen and oxygen atoms in total. The summed E-state index contributed by atoms with van der Waals surface area (Å²) in [5.74, 6) is -0.619. The molecule has 0 unspecified atom stereocenters. The minimum atomic E-state index is -0.619. The van der Waals surface area contributed by atoms with Crippen LogP contribution in [-0.2, 0) is 0 Å². The fourth-order valence-corrected chi connectivity index (χ4v) is 4.51. The van der Waals surface area contributed by atoms with Crippen LogP contribution >= 0.6 is 22.7 Å². The van der Waals surface area contributed by atoms with E-state index >= 15 is 0 Å². The number of fused-ring (bicyclic) bond motifs is 1. The summed E-state index contributed by atoms with van der Waals surface area (Å²) < 4.78 is 0.846. The number of nitrogens with zero attached hydrogens (tertiary/aromatic N) is 5. The Morgan fingerprint density at radius 1 is 1.06 bits per heavy atom. The molecule has 0 aliphatic heterocycles. The number of carbonyl (C=O) groups excluding carboxylic acids is 1. The van der Waals surface area contributed by atoms with E-state index in [1.165, 1.54) is 47.9 Å². The average Bonchev–Trinajstić information content (AvgIpc) is 3.40. The number of rotatable bonds is 6. The van der Waals surface area contributed by atoms with Gasteiger partial charge in [0.1, 0.15) is 0 Å². The van der Waals surface area contributed by atoms with Gasteiger partial charge in [0, 0.05) is 23.8 Å². The number of nitro groups is 2. The second-order valence-corrected chi connectivity index (χ2v) is 8.67. The number of non-ortho nitro benzene ring substituents is 1. The number of carbonyl (C=O) groups is 1. The fraction of sp³-hybridized carbons (Fsp3) is 0.0500. The number of hydrogen-bond donors (Lipinski definition) is 0. The predicted molar refractivity (Wildman–Crippen MR) is 123 cm³/mol. The van der Waals surface area contributed by atoms with Gasteiger partial charge in [0.25, 0.3) is 11.6 Å². The number of amides is 1. The van der Waals surface area contributed by atoms with Crippen molar-refractivity contribution < 1.29 is 14.6 Å². The van der Waals surface area contributed by atoms with Gasteiger partial charge in [-0.2, -0.15) is 10.1 Å². The quantitative estimate of drug-likeness (QED) is 0.218. The molecule has 160 valence electrons. The van der Waals surface area contributed by atoms with Crippen molar-refractivity contribution in [2.24, 2.45) is 5.10 Å². The van der Waals surface area contributed by atoms with E-state index < -0.39 is 15.8 Å². The molecule has 12 heteroatoms. The van der Waals surface area contributed by atoms with Gasteiger partial charge in [0.15, 0.2) is 0 Å². The Kier molecular flexibility index (Phi) is 5.71. The number of hydrazone groups is 1. The standard InChI is InChI=1S/C20H13N5O5S2/c1-12-5-7-16-17(9-12)32-20(22-16)23(21-11-15-6-8-18(31-15)25(29)30)19(26)13-3-2-4-14(10-13)24(27)28/h2-11H,1H3/b21-11+. The SMILES string of the molecule is Cc1ccc2nc(N(/N=C/c3ccc([N+](=O)[O-])s3)C(=O)c3cccc([N+](=O)[O-])c3)sc2c1. The molecule has 0 saturated heterocycles. The van der Waals surface area contributed by atoms with Gasteiger partial charge in [0.2, 0.25) is 5.13 Å². The Balaban J connectivity index is 1.76. The lowest BCUT2D eigenvalue weighted by Crippen LogP contribution is -2.25. The Hall–Kier alpha value is -4.03. The van der Waals surface area contributed by atoms with Crippen LogP contribution in [-0.4, -0.2) is 27.0 Å². The summed E-state index contributed by atoms with van der Waals surface area (Å²) in [7, 11) is 0. The van der Waals surface area contributed by atoms with E-state index in [1.54, 1.807) is 0 Å². The van der Waals surface area contributed by atoms with Crippen molar-refractivity contribution in [2.75, 3.05) is 5.01 Å². The molecule has 0 bridgehead atoms. The van der Waals surface area contributed by atoms with Gasteiger partial charge >= 0.3 is 5.00 Å². The van der Waals surface area contributed by atoms with Crippen LogP contribution in [0, 0.1) is 27.2 Å². The molecule has 0 atom stereocenters. The van der Waals surface area contributed by atoms with E-state index in [-0.39, 0.29) is 21.4 Å². The molecule has 0 aliphatic rings. The number of thiophene rings is 1. The summed E-state index contributed by atoms with van der Waals surface area (Å²) in [6, 6.07) is 13.8. The van der Waals surface area contributed by atoms with Gasteiger partial charge in [-0.05, 0) is 36.8 Å². The normalized spacial score (nSPS) is 11.2. The first kappa shape index (κ1) is 21.2. The molecular weight excluding hydrogens is 454 g/mol. The number of anilines is 1. The largest absolute Gasteiger partial charge is 0.324 e. The third kappa shape index (κ3) is 4.36. The zero-order chi connectivity index (χ0) is 22.8. The van der Waals surface area contributed by atoms with E-state index in [4.69, 9.17) is 0 Å². The Bertz CT molecular complexity index is 1390. The van der Waals surface area contributed by atoms with Crippen LogP contribution in [0.25, 0.3) is 10.2 Å². The Morgan fingerprint density at radius 2 is 1.88 bits per heavy atom. The van der Waals surface area contributed by atoms with Crippen LogP contribution < -0.4 is 5.01 Å². The van der Waals surface area contributed by atoms with Crippen LogP contribution in [0.2, 0.25) is 0 Å². The van der Waals surface area contributed by atoms with E-state index in [2.05, 4.69) is 10.1 Å². The summed E-state index contributed by atoms with van der Waals surface area (Å²) in [5, 5.41) is 27.5. The highest BCUT2D eigenvalue weighted by molar-refractivity contribution is 7.22. The maximum atomic E-state index is 13.2.